The Kier molecular flexibility index (Phi) is 6.42. The average molecular weight is 443 g/mol. The summed E-state index contributed by atoms with van der Waals surface area (Å²) < 4.78 is 2.03. The van der Waals surface area contributed by atoms with Gasteiger partial charge in [0.15, 0.2) is 0 Å². The maximum Gasteiger partial charge on any atom is 0.240 e. The summed E-state index contributed by atoms with van der Waals surface area (Å²) in [6, 6.07) is 15.2. The molecular weight excluding hydrogens is 419 g/mol. The zero-order valence-electron chi connectivity index (χ0n) is 16.9. The zero-order valence-corrected chi connectivity index (χ0v) is 18.4. The van der Waals surface area contributed by atoms with Crippen LogP contribution < -0.4 is 5.43 Å². The van der Waals surface area contributed by atoms with Crippen LogP contribution in [0.2, 0.25) is 10.0 Å². The summed E-state index contributed by atoms with van der Waals surface area (Å²) >= 11 is 12.6. The lowest BCUT2D eigenvalue weighted by Crippen LogP contribution is -2.45. The largest absolute Gasteiger partial charge is 0.297 e. The number of carbonyl (C=O) groups is 1. The quantitative estimate of drug-likeness (QED) is 0.589. The van der Waals surface area contributed by atoms with Crippen LogP contribution >= 0.6 is 23.2 Å². The molecule has 1 fully saturated rings. The number of hydrazine groups is 1. The number of hydrogen-bond donors (Lipinski definition) is 1. The van der Waals surface area contributed by atoms with Crippen molar-refractivity contribution in [2.45, 2.75) is 32.6 Å². The number of imidazole rings is 1. The molecule has 1 aliphatic heterocycles. The van der Waals surface area contributed by atoms with E-state index < -0.39 is 0 Å². The van der Waals surface area contributed by atoms with E-state index in [1.165, 1.54) is 6.42 Å². The van der Waals surface area contributed by atoms with Crippen LogP contribution in [0.4, 0.5) is 0 Å². The predicted octanol–water partition coefficient (Wildman–Crippen LogP) is 5.21. The van der Waals surface area contributed by atoms with E-state index in [4.69, 9.17) is 28.2 Å². The van der Waals surface area contributed by atoms with Crippen LogP contribution in [0.5, 0.6) is 0 Å². The standard InChI is InChI=1S/C23H24Cl2N4O/c1-16-21(15-22(30)27-28-13-5-2-6-14-28)26-23(19-7-3-4-8-20(19)25)29(16)18-11-9-17(24)10-12-18/h3-4,7-12H,2,5-6,13-15H2,1H3,(H,27,30). The molecule has 0 radical (unpaired) electrons. The molecule has 30 heavy (non-hydrogen) atoms. The minimum atomic E-state index is -0.0496. The van der Waals surface area contributed by atoms with Crippen molar-refractivity contribution in [3.05, 3.63) is 70.0 Å². The summed E-state index contributed by atoms with van der Waals surface area (Å²) in [4.78, 5) is 17.5. The van der Waals surface area contributed by atoms with Gasteiger partial charge in [0, 0.05) is 35.1 Å². The van der Waals surface area contributed by atoms with Crippen molar-refractivity contribution >= 4 is 29.1 Å². The summed E-state index contributed by atoms with van der Waals surface area (Å²) in [5.41, 5.74) is 6.40. The van der Waals surface area contributed by atoms with Crippen LogP contribution in [0, 0.1) is 6.92 Å². The van der Waals surface area contributed by atoms with Gasteiger partial charge in [-0.15, -0.1) is 0 Å². The Morgan fingerprint density at radius 1 is 1.03 bits per heavy atom. The number of rotatable bonds is 5. The SMILES string of the molecule is Cc1c(CC(=O)NN2CCCCC2)nc(-c2ccccc2Cl)n1-c1ccc(Cl)cc1. The molecule has 1 amide bonds. The number of benzene rings is 2. The van der Waals surface area contributed by atoms with Gasteiger partial charge in [0.1, 0.15) is 5.82 Å². The highest BCUT2D eigenvalue weighted by molar-refractivity contribution is 6.33. The van der Waals surface area contributed by atoms with Gasteiger partial charge in [0.05, 0.1) is 17.1 Å². The van der Waals surface area contributed by atoms with E-state index in [0.29, 0.717) is 15.9 Å². The first-order valence-electron chi connectivity index (χ1n) is 10.2. The van der Waals surface area contributed by atoms with E-state index in [0.717, 1.165) is 48.6 Å². The average Bonchev–Trinajstić information content (AvgIpc) is 3.05. The van der Waals surface area contributed by atoms with Crippen LogP contribution in [-0.4, -0.2) is 33.6 Å². The monoisotopic (exact) mass is 442 g/mol. The molecule has 0 unspecified atom stereocenters. The maximum atomic E-state index is 12.7. The molecule has 0 atom stereocenters. The molecule has 0 saturated carbocycles. The topological polar surface area (TPSA) is 50.2 Å². The number of piperidine rings is 1. The zero-order chi connectivity index (χ0) is 21.1. The number of aromatic nitrogens is 2. The molecule has 2 aromatic carbocycles. The Labute approximate surface area is 186 Å². The van der Waals surface area contributed by atoms with Crippen LogP contribution in [-0.2, 0) is 11.2 Å². The number of nitrogens with one attached hydrogen (secondary N) is 1. The van der Waals surface area contributed by atoms with Crippen LogP contribution in [0.25, 0.3) is 17.1 Å². The van der Waals surface area contributed by atoms with E-state index in [-0.39, 0.29) is 12.3 Å². The van der Waals surface area contributed by atoms with Gasteiger partial charge in [-0.25, -0.2) is 9.99 Å². The number of carbonyl (C=O) groups excluding carboxylic acids is 1. The first-order chi connectivity index (χ1) is 14.5. The molecule has 2 heterocycles. The highest BCUT2D eigenvalue weighted by Gasteiger charge is 2.21. The Hall–Kier alpha value is -2.34. The number of nitrogens with zero attached hydrogens (tertiary/aromatic N) is 3. The molecule has 1 N–H and O–H groups in total. The van der Waals surface area contributed by atoms with Gasteiger partial charge in [0.2, 0.25) is 5.91 Å². The van der Waals surface area contributed by atoms with Crippen LogP contribution in [0.15, 0.2) is 48.5 Å². The summed E-state index contributed by atoms with van der Waals surface area (Å²) in [5.74, 6) is 0.660. The van der Waals surface area contributed by atoms with E-state index in [2.05, 4.69) is 5.43 Å². The molecular formula is C23H24Cl2N4O. The Bertz CT molecular complexity index is 1040. The van der Waals surface area contributed by atoms with Crippen molar-refractivity contribution in [1.29, 1.82) is 0 Å². The fourth-order valence-corrected chi connectivity index (χ4v) is 4.16. The second-order valence-electron chi connectivity index (χ2n) is 7.52. The Balaban J connectivity index is 1.69. The van der Waals surface area contributed by atoms with E-state index >= 15 is 0 Å². The fourth-order valence-electron chi connectivity index (χ4n) is 3.82. The third-order valence-electron chi connectivity index (χ3n) is 5.37. The van der Waals surface area contributed by atoms with Gasteiger partial charge in [-0.3, -0.25) is 14.8 Å². The summed E-state index contributed by atoms with van der Waals surface area (Å²) in [7, 11) is 0. The number of hydrogen-bond acceptors (Lipinski definition) is 3. The summed E-state index contributed by atoms with van der Waals surface area (Å²) in [6.07, 6.45) is 3.65. The van der Waals surface area contributed by atoms with Crippen LogP contribution in [0.1, 0.15) is 30.7 Å². The van der Waals surface area contributed by atoms with Crippen molar-refractivity contribution in [3.63, 3.8) is 0 Å². The van der Waals surface area contributed by atoms with Crippen molar-refractivity contribution < 1.29 is 4.79 Å². The molecule has 3 aromatic rings. The minimum Gasteiger partial charge on any atom is -0.297 e. The second-order valence-corrected chi connectivity index (χ2v) is 8.36. The molecule has 0 aliphatic carbocycles. The Morgan fingerprint density at radius 2 is 1.73 bits per heavy atom. The molecule has 0 spiro atoms. The van der Waals surface area contributed by atoms with Gasteiger partial charge in [-0.2, -0.15) is 0 Å². The lowest BCUT2D eigenvalue weighted by Gasteiger charge is -2.26. The van der Waals surface area contributed by atoms with Gasteiger partial charge in [-0.1, -0.05) is 41.8 Å². The lowest BCUT2D eigenvalue weighted by molar-refractivity contribution is -0.125. The smallest absolute Gasteiger partial charge is 0.240 e. The molecule has 5 nitrogen and oxygen atoms in total. The van der Waals surface area contributed by atoms with Gasteiger partial charge in [-0.05, 0) is 56.2 Å². The van der Waals surface area contributed by atoms with Crippen LogP contribution in [0.3, 0.4) is 0 Å². The molecule has 0 bridgehead atoms. The third-order valence-corrected chi connectivity index (χ3v) is 5.95. The lowest BCUT2D eigenvalue weighted by atomic mass is 10.2. The van der Waals surface area contributed by atoms with Gasteiger partial charge < -0.3 is 0 Å². The third kappa shape index (κ3) is 4.53. The first kappa shape index (κ1) is 20.9. The second kappa shape index (κ2) is 9.21. The van der Waals surface area contributed by atoms with Crippen molar-refractivity contribution in [2.24, 2.45) is 0 Å². The van der Waals surface area contributed by atoms with E-state index in [1.807, 2.05) is 65.0 Å². The minimum absolute atomic E-state index is 0.0496. The predicted molar refractivity (Wildman–Crippen MR) is 121 cm³/mol. The van der Waals surface area contributed by atoms with Crippen molar-refractivity contribution in [2.75, 3.05) is 13.1 Å². The molecule has 156 valence electrons. The molecule has 7 heteroatoms. The van der Waals surface area contributed by atoms with Gasteiger partial charge in [0.25, 0.3) is 0 Å². The number of amides is 1. The maximum absolute atomic E-state index is 12.7. The first-order valence-corrected chi connectivity index (χ1v) is 10.9. The van der Waals surface area contributed by atoms with Crippen molar-refractivity contribution in [3.8, 4) is 17.1 Å². The Morgan fingerprint density at radius 3 is 2.43 bits per heavy atom. The normalized spacial score (nSPS) is 14.6. The molecule has 1 saturated heterocycles. The summed E-state index contributed by atoms with van der Waals surface area (Å²) in [6.45, 7) is 3.77. The van der Waals surface area contributed by atoms with E-state index in [1.54, 1.807) is 0 Å². The molecule has 4 rings (SSSR count). The number of halogens is 2. The van der Waals surface area contributed by atoms with Crippen molar-refractivity contribution in [1.82, 2.24) is 20.0 Å². The summed E-state index contributed by atoms with van der Waals surface area (Å²) in [5, 5.41) is 3.28. The fraction of sp³-hybridized carbons (Fsp3) is 0.304. The molecule has 1 aliphatic rings. The van der Waals surface area contributed by atoms with E-state index in [9.17, 15) is 4.79 Å². The highest BCUT2D eigenvalue weighted by Crippen LogP contribution is 2.31. The highest BCUT2D eigenvalue weighted by atomic mass is 35.5. The van der Waals surface area contributed by atoms with Gasteiger partial charge >= 0.3 is 0 Å². The molecule has 1 aromatic heterocycles.